The Balaban J connectivity index is 0.00000280. The summed E-state index contributed by atoms with van der Waals surface area (Å²) in [4.78, 5) is 11.1. The summed E-state index contributed by atoms with van der Waals surface area (Å²) in [6.07, 6.45) is 0.924. The quantitative estimate of drug-likeness (QED) is 0.389. The summed E-state index contributed by atoms with van der Waals surface area (Å²) in [6.45, 7) is 2.23. The third-order valence-electron chi connectivity index (χ3n) is 4.65. The van der Waals surface area contributed by atoms with E-state index >= 15 is 0 Å². The third-order valence-corrected chi connectivity index (χ3v) is 4.65. The average molecular weight is 498 g/mol. The second-order valence-electron chi connectivity index (χ2n) is 6.22. The van der Waals surface area contributed by atoms with Crippen molar-refractivity contribution in [2.24, 2.45) is 4.99 Å². The number of fused-ring (bicyclic) bond motifs is 1. The molecule has 0 unspecified atom stereocenters. The number of guanidine groups is 1. The summed E-state index contributed by atoms with van der Waals surface area (Å²) in [5.41, 5.74) is 3.41. The molecule has 0 saturated heterocycles. The highest BCUT2D eigenvalue weighted by atomic mass is 127. The third kappa shape index (κ3) is 4.98. The summed E-state index contributed by atoms with van der Waals surface area (Å²) < 4.78 is 16.0. The van der Waals surface area contributed by atoms with Crippen molar-refractivity contribution in [3.8, 4) is 17.4 Å². The second-order valence-corrected chi connectivity index (χ2v) is 6.22. The van der Waals surface area contributed by atoms with Crippen LogP contribution < -0.4 is 19.5 Å². The number of methoxy groups -OCH3 is 3. The Bertz CT molecular complexity index is 829. The monoisotopic (exact) mass is 498 g/mol. The number of nitrogens with one attached hydrogen (secondary N) is 1. The summed E-state index contributed by atoms with van der Waals surface area (Å²) in [6, 6.07) is 9.86. The first-order valence-corrected chi connectivity index (χ1v) is 8.87. The van der Waals surface area contributed by atoms with Crippen LogP contribution in [0.3, 0.4) is 0 Å². The molecule has 28 heavy (non-hydrogen) atoms. The van der Waals surface area contributed by atoms with Crippen LogP contribution in [-0.4, -0.2) is 50.8 Å². The number of rotatable bonds is 5. The van der Waals surface area contributed by atoms with E-state index in [-0.39, 0.29) is 24.0 Å². The van der Waals surface area contributed by atoms with E-state index in [0.29, 0.717) is 12.4 Å². The van der Waals surface area contributed by atoms with Gasteiger partial charge in [-0.3, -0.25) is 4.99 Å². The van der Waals surface area contributed by atoms with Crippen molar-refractivity contribution in [3.05, 3.63) is 47.2 Å². The predicted octanol–water partition coefficient (Wildman–Crippen LogP) is 2.86. The summed E-state index contributed by atoms with van der Waals surface area (Å²) in [5, 5.41) is 3.39. The minimum Gasteiger partial charge on any atom is -0.493 e. The van der Waals surface area contributed by atoms with Gasteiger partial charge in [0, 0.05) is 26.2 Å². The molecule has 1 aliphatic rings. The molecule has 2 heterocycles. The average Bonchev–Trinajstić information content (AvgIpc) is 2.73. The number of hydrogen-bond acceptors (Lipinski definition) is 5. The van der Waals surface area contributed by atoms with E-state index in [1.54, 1.807) is 28.4 Å². The van der Waals surface area contributed by atoms with Gasteiger partial charge in [0.05, 0.1) is 33.6 Å². The molecule has 3 rings (SSSR count). The van der Waals surface area contributed by atoms with E-state index in [9.17, 15) is 0 Å². The standard InChI is InChI=1S/C20H26N4O3.HI/c1-21-20(22-12-16-6-5-7-19(23-16)27-4)24-9-8-14-10-17(25-2)18(26-3)11-15(14)13-24;/h5-7,10-11H,8-9,12-13H2,1-4H3,(H,21,22);1H. The first-order chi connectivity index (χ1) is 13.2. The van der Waals surface area contributed by atoms with Gasteiger partial charge in [0.1, 0.15) is 0 Å². The summed E-state index contributed by atoms with van der Waals surface area (Å²) in [7, 11) is 6.74. The molecule has 2 aromatic rings. The van der Waals surface area contributed by atoms with Crippen LogP contribution in [0.15, 0.2) is 35.3 Å². The number of pyridine rings is 1. The first kappa shape index (κ1) is 22.1. The van der Waals surface area contributed by atoms with E-state index in [2.05, 4.69) is 32.3 Å². The number of aromatic nitrogens is 1. The van der Waals surface area contributed by atoms with Crippen LogP contribution >= 0.6 is 24.0 Å². The van der Waals surface area contributed by atoms with Gasteiger partial charge in [-0.05, 0) is 35.7 Å². The molecule has 1 aliphatic heterocycles. The number of nitrogens with zero attached hydrogens (tertiary/aromatic N) is 3. The Morgan fingerprint density at radius 1 is 1.11 bits per heavy atom. The molecule has 0 saturated carbocycles. The van der Waals surface area contributed by atoms with Crippen LogP contribution in [0.1, 0.15) is 16.8 Å². The van der Waals surface area contributed by atoms with Crippen molar-refractivity contribution in [1.29, 1.82) is 0 Å². The lowest BCUT2D eigenvalue weighted by molar-refractivity contribution is 0.345. The van der Waals surface area contributed by atoms with E-state index in [1.165, 1.54) is 11.1 Å². The van der Waals surface area contributed by atoms with Gasteiger partial charge in [-0.15, -0.1) is 24.0 Å². The van der Waals surface area contributed by atoms with Gasteiger partial charge in [0.15, 0.2) is 17.5 Å². The highest BCUT2D eigenvalue weighted by Crippen LogP contribution is 2.33. The molecule has 0 amide bonds. The minimum atomic E-state index is 0. The molecule has 0 radical (unpaired) electrons. The Morgan fingerprint density at radius 3 is 2.46 bits per heavy atom. The van der Waals surface area contributed by atoms with Crippen LogP contribution in [0.4, 0.5) is 0 Å². The number of halogens is 1. The number of benzene rings is 1. The van der Waals surface area contributed by atoms with E-state index < -0.39 is 0 Å². The molecule has 1 aromatic heterocycles. The number of hydrogen-bond donors (Lipinski definition) is 1. The molecule has 0 aliphatic carbocycles. The first-order valence-electron chi connectivity index (χ1n) is 8.87. The Morgan fingerprint density at radius 2 is 1.82 bits per heavy atom. The van der Waals surface area contributed by atoms with Crippen LogP contribution in [0.2, 0.25) is 0 Å². The van der Waals surface area contributed by atoms with Gasteiger partial charge in [-0.2, -0.15) is 0 Å². The lowest BCUT2D eigenvalue weighted by Crippen LogP contribution is -2.43. The van der Waals surface area contributed by atoms with E-state index in [1.807, 2.05) is 18.2 Å². The van der Waals surface area contributed by atoms with Crippen LogP contribution in [-0.2, 0) is 19.5 Å². The molecule has 152 valence electrons. The van der Waals surface area contributed by atoms with Crippen molar-refractivity contribution in [3.63, 3.8) is 0 Å². The molecule has 0 atom stereocenters. The molecule has 1 aromatic carbocycles. The smallest absolute Gasteiger partial charge is 0.213 e. The maximum Gasteiger partial charge on any atom is 0.213 e. The molecule has 1 N–H and O–H groups in total. The van der Waals surface area contributed by atoms with Crippen LogP contribution in [0.5, 0.6) is 17.4 Å². The normalized spacial score (nSPS) is 13.3. The van der Waals surface area contributed by atoms with E-state index in [0.717, 1.165) is 42.7 Å². The van der Waals surface area contributed by atoms with Gasteiger partial charge in [-0.25, -0.2) is 4.98 Å². The van der Waals surface area contributed by atoms with Crippen molar-refractivity contribution < 1.29 is 14.2 Å². The van der Waals surface area contributed by atoms with Gasteiger partial charge in [-0.1, -0.05) is 6.07 Å². The molecular formula is C20H27IN4O3. The zero-order valence-corrected chi connectivity index (χ0v) is 19.0. The van der Waals surface area contributed by atoms with Gasteiger partial charge in [0.2, 0.25) is 5.88 Å². The predicted molar refractivity (Wildman–Crippen MR) is 120 cm³/mol. The van der Waals surface area contributed by atoms with Crippen LogP contribution in [0, 0.1) is 0 Å². The largest absolute Gasteiger partial charge is 0.493 e. The summed E-state index contributed by atoms with van der Waals surface area (Å²) >= 11 is 0. The second kappa shape index (κ2) is 10.4. The fourth-order valence-corrected chi connectivity index (χ4v) is 3.24. The topological polar surface area (TPSA) is 68.2 Å². The number of ether oxygens (including phenoxy) is 3. The molecule has 7 nitrogen and oxygen atoms in total. The van der Waals surface area contributed by atoms with Crippen LogP contribution in [0.25, 0.3) is 0 Å². The van der Waals surface area contributed by atoms with Crippen molar-refractivity contribution in [2.75, 3.05) is 34.9 Å². The number of aliphatic imine (C=N–C) groups is 1. The SMILES string of the molecule is CN=C(NCc1cccc(OC)n1)N1CCc2cc(OC)c(OC)cc2C1.I. The lowest BCUT2D eigenvalue weighted by Gasteiger charge is -2.32. The maximum atomic E-state index is 5.44. The van der Waals surface area contributed by atoms with Gasteiger partial charge >= 0.3 is 0 Å². The summed E-state index contributed by atoms with van der Waals surface area (Å²) in [5.74, 6) is 2.98. The molecule has 0 spiro atoms. The van der Waals surface area contributed by atoms with Gasteiger partial charge < -0.3 is 24.4 Å². The lowest BCUT2D eigenvalue weighted by atomic mass is 9.99. The minimum absolute atomic E-state index is 0. The Kier molecular flexibility index (Phi) is 8.16. The van der Waals surface area contributed by atoms with Crippen molar-refractivity contribution in [2.45, 2.75) is 19.5 Å². The zero-order chi connectivity index (χ0) is 19.2. The molecule has 0 fully saturated rings. The molecule has 0 bridgehead atoms. The highest BCUT2D eigenvalue weighted by Gasteiger charge is 2.21. The fourth-order valence-electron chi connectivity index (χ4n) is 3.24. The molecular weight excluding hydrogens is 471 g/mol. The highest BCUT2D eigenvalue weighted by molar-refractivity contribution is 14.0. The van der Waals surface area contributed by atoms with Gasteiger partial charge in [0.25, 0.3) is 0 Å². The van der Waals surface area contributed by atoms with E-state index in [4.69, 9.17) is 14.2 Å². The van der Waals surface area contributed by atoms with Crippen molar-refractivity contribution in [1.82, 2.24) is 15.2 Å². The Labute approximate surface area is 183 Å². The van der Waals surface area contributed by atoms with Crippen molar-refractivity contribution >= 4 is 29.9 Å². The zero-order valence-electron chi connectivity index (χ0n) is 16.7. The Hall–Kier alpha value is -2.23. The molecule has 8 heteroatoms. The fraction of sp³-hybridized carbons (Fsp3) is 0.400. The maximum absolute atomic E-state index is 5.44.